The first-order valence-electron chi connectivity index (χ1n) is 43.8. The molecule has 2 rings (SSSR count). The number of carbonyl (C=O) groups excluding carboxylic acids is 16. The summed E-state index contributed by atoms with van der Waals surface area (Å²) in [6.07, 6.45) is 3.54. The van der Waals surface area contributed by atoms with Gasteiger partial charge in [-0.2, -0.15) is 0 Å². The number of unbranched alkanes of at least 4 members (excludes halogenated alkanes) is 4. The second kappa shape index (κ2) is 61.0. The molecule has 42 nitrogen and oxygen atoms in total. The van der Waals surface area contributed by atoms with Crippen LogP contribution in [0.3, 0.4) is 0 Å². The molecule has 0 fully saturated rings. The first-order chi connectivity index (χ1) is 60.1. The smallest absolute Gasteiger partial charge is 0.325 e. The van der Waals surface area contributed by atoms with Gasteiger partial charge in [0.15, 0.2) is 5.96 Å². The van der Waals surface area contributed by atoms with Crippen molar-refractivity contribution >= 4 is 106 Å². The first kappa shape index (κ1) is 112. The van der Waals surface area contributed by atoms with Crippen LogP contribution in [0.4, 0.5) is 0 Å². The van der Waals surface area contributed by atoms with Crippen molar-refractivity contribution in [2.45, 2.75) is 289 Å². The number of aliphatic imine (C=N–C) groups is 1. The highest BCUT2D eigenvalue weighted by atomic mass is 16.4. The van der Waals surface area contributed by atoms with Crippen LogP contribution in [0, 0.1) is 17.8 Å². The number of nitrogens with zero attached hydrogens (tertiary/aromatic N) is 1. The van der Waals surface area contributed by atoms with E-state index >= 15 is 0 Å². The van der Waals surface area contributed by atoms with Crippen LogP contribution in [0.5, 0.6) is 0 Å². The molecule has 0 aliphatic rings. The van der Waals surface area contributed by atoms with Gasteiger partial charge in [0.05, 0.1) is 19.1 Å². The van der Waals surface area contributed by atoms with Crippen LogP contribution in [-0.2, 0) is 94.3 Å². The SMILES string of the molecule is CC[C@H](C)[C@H](NC(=O)[C@H](C)NC(=O)[C@H](CCCN=C(N)N)NC(=O)[C@H](C)NC(=O)[C@H](CC(C)C)NC(=O)[C@H](CCCCN)NC(=O)[C@H](CCCCN)NC(=O)[C@H](Cc1ccccc1)NC(=O)[C@H](CC(C)C)NC(=O)CNC(=O)[C@H](C)N)C(=O)N[C@@H](C)C(=O)N[C@@H](CCCCN)C(=O)NCC(=O)N[C@@H](Cc1ccccc1)C(=O)N[C@@H](CCCCN)C(=O)N[C@@H](C)C(=O)O. The number of benzene rings is 2. The number of amides is 16. The molecule has 0 aromatic heterocycles. The van der Waals surface area contributed by atoms with Crippen LogP contribution in [0.2, 0.25) is 0 Å². The quantitative estimate of drug-likeness (QED) is 0.0169. The lowest BCUT2D eigenvalue weighted by atomic mass is 9.97. The lowest BCUT2D eigenvalue weighted by Crippen LogP contribution is -2.60. The number of hydrogen-bond donors (Lipinski definition) is 24. The van der Waals surface area contributed by atoms with Gasteiger partial charge in [-0.3, -0.25) is 86.5 Å². The molecule has 16 amide bonds. The zero-order chi connectivity index (χ0) is 95.4. The summed E-state index contributed by atoms with van der Waals surface area (Å²) in [7, 11) is 0. The van der Waals surface area contributed by atoms with Gasteiger partial charge >= 0.3 is 5.97 Å². The average Bonchev–Trinajstić information content (AvgIpc) is 0.859. The average molecular weight is 1790 g/mol. The van der Waals surface area contributed by atoms with E-state index in [9.17, 15) is 86.6 Å². The van der Waals surface area contributed by atoms with Crippen LogP contribution in [0.25, 0.3) is 0 Å². The van der Waals surface area contributed by atoms with E-state index in [4.69, 9.17) is 40.1 Å². The summed E-state index contributed by atoms with van der Waals surface area (Å²) in [5, 5.41) is 51.2. The van der Waals surface area contributed by atoms with E-state index in [1.54, 1.807) is 88.4 Å². The molecule has 712 valence electrons. The lowest BCUT2D eigenvalue weighted by Gasteiger charge is -2.28. The largest absolute Gasteiger partial charge is 0.480 e. The standard InChI is InChI=1S/C85H144N24O18/c1-12-50(6)69(83(125)98-53(9)72(114)102-58(32-19-23-37-86)74(116)95-47-68(111)101-65(44-56-28-15-13-16-29-56)81(123)105-59(33-20-24-38-87)76(118)99-55(11)84(126)127)109-73(115)54(10)96-75(117)62(36-27-41-93-85(91)92)103-71(113)52(8)97-79(121)64(43-49(4)5)107-78(120)61(35-22-26-40-89)104-77(119)60(34-21-25-39-88)106-82(124)66(45-57-30-17-14-18-31-57)108-80(122)63(42-48(2)3)100-67(110)46-94-70(112)51(7)90/h13-18,28-31,48-55,58-66,69H,12,19-27,32-47,86-90H2,1-11H3,(H,94,112)(H,95,116)(H,96,117)(H,97,121)(H,98,125)(H,99,118)(H,100,110)(H,101,111)(H,102,114)(H,103,113)(H,104,119)(H,105,123)(H,106,124)(H,107,120)(H,108,122)(H,109,115)(H,126,127)(H4,91,92,93)/t50-,51-,52-,53-,54-,55-,58-,59-,60-,61-,62-,63-,64-,65-,66-,69-/m0/s1. The fourth-order valence-corrected chi connectivity index (χ4v) is 12.9. The maximum atomic E-state index is 14.7. The molecule has 127 heavy (non-hydrogen) atoms. The van der Waals surface area contributed by atoms with Crippen LogP contribution in [0.15, 0.2) is 65.7 Å². The van der Waals surface area contributed by atoms with E-state index in [-0.39, 0.29) is 115 Å². The Morgan fingerprint density at radius 1 is 0.331 bits per heavy atom. The van der Waals surface area contributed by atoms with Crippen LogP contribution >= 0.6 is 0 Å². The number of nitrogens with one attached hydrogen (secondary N) is 16. The number of carboxylic acid groups (broad SMARTS) is 1. The third-order valence-corrected chi connectivity index (χ3v) is 20.5. The number of hydrogen-bond acceptors (Lipinski definition) is 23. The Kier molecular flexibility index (Phi) is 53.6. The minimum absolute atomic E-state index is 0.00681. The van der Waals surface area contributed by atoms with Crippen molar-refractivity contribution in [1.29, 1.82) is 0 Å². The molecule has 0 spiro atoms. The number of guanidine groups is 1. The second-order valence-electron chi connectivity index (χ2n) is 32.7. The van der Waals surface area contributed by atoms with Crippen LogP contribution in [0.1, 0.15) is 196 Å². The van der Waals surface area contributed by atoms with Gasteiger partial charge in [-0.1, -0.05) is 109 Å². The van der Waals surface area contributed by atoms with E-state index in [0.717, 1.165) is 0 Å². The van der Waals surface area contributed by atoms with Gasteiger partial charge < -0.3 is 130 Å². The molecule has 0 aliphatic heterocycles. The zero-order valence-electron chi connectivity index (χ0n) is 75.4. The summed E-state index contributed by atoms with van der Waals surface area (Å²) in [6, 6.07) is -2.17. The fourth-order valence-electron chi connectivity index (χ4n) is 12.9. The monoisotopic (exact) mass is 1790 g/mol. The highest BCUT2D eigenvalue weighted by Gasteiger charge is 2.38. The molecule has 16 atom stereocenters. The highest BCUT2D eigenvalue weighted by Crippen LogP contribution is 2.16. The molecular weight excluding hydrogens is 1650 g/mol. The minimum atomic E-state index is -1.42. The van der Waals surface area contributed by atoms with E-state index in [0.29, 0.717) is 68.9 Å². The summed E-state index contributed by atoms with van der Waals surface area (Å²) in [6.45, 7) is 17.0. The molecule has 42 heteroatoms. The molecule has 0 unspecified atom stereocenters. The predicted molar refractivity (Wildman–Crippen MR) is 477 cm³/mol. The summed E-state index contributed by atoms with van der Waals surface area (Å²) in [4.78, 5) is 239. The molecule has 2 aromatic rings. The first-order valence-corrected chi connectivity index (χ1v) is 43.8. The van der Waals surface area contributed by atoms with Crippen molar-refractivity contribution in [3.63, 3.8) is 0 Å². The molecule has 0 radical (unpaired) electrons. The summed E-state index contributed by atoms with van der Waals surface area (Å²) >= 11 is 0. The van der Waals surface area contributed by atoms with Crippen LogP contribution in [-0.4, -0.2) is 248 Å². The van der Waals surface area contributed by atoms with Gasteiger partial charge in [-0.05, 0) is 192 Å². The number of rotatable bonds is 63. The molecule has 0 saturated heterocycles. The van der Waals surface area contributed by atoms with Crippen molar-refractivity contribution in [1.82, 2.24) is 85.1 Å². The Labute approximate surface area is 744 Å². The van der Waals surface area contributed by atoms with Crippen molar-refractivity contribution in [2.75, 3.05) is 45.8 Å². The Morgan fingerprint density at radius 2 is 0.622 bits per heavy atom. The zero-order valence-corrected chi connectivity index (χ0v) is 75.4. The normalized spacial score (nSPS) is 14.9. The number of carbonyl (C=O) groups is 17. The maximum Gasteiger partial charge on any atom is 0.325 e. The summed E-state index contributed by atoms with van der Waals surface area (Å²) < 4.78 is 0. The van der Waals surface area contributed by atoms with Crippen molar-refractivity contribution in [2.24, 2.45) is 62.9 Å². The van der Waals surface area contributed by atoms with Crippen molar-refractivity contribution in [3.8, 4) is 0 Å². The third-order valence-electron chi connectivity index (χ3n) is 20.5. The third kappa shape index (κ3) is 45.0. The van der Waals surface area contributed by atoms with Gasteiger partial charge in [-0.15, -0.1) is 0 Å². The fraction of sp³-hybridized carbons (Fsp3) is 0.647. The van der Waals surface area contributed by atoms with Gasteiger partial charge in [-0.25, -0.2) is 0 Å². The van der Waals surface area contributed by atoms with Gasteiger partial charge in [0.25, 0.3) is 0 Å². The predicted octanol–water partition coefficient (Wildman–Crippen LogP) is -4.29. The minimum Gasteiger partial charge on any atom is -0.480 e. The number of nitrogens with two attached hydrogens (primary N) is 7. The van der Waals surface area contributed by atoms with Crippen molar-refractivity contribution in [3.05, 3.63) is 71.8 Å². The molecular formula is C85H144N24O18. The summed E-state index contributed by atoms with van der Waals surface area (Å²) in [5.41, 5.74) is 41.2. The maximum absolute atomic E-state index is 14.7. The molecule has 0 saturated carbocycles. The lowest BCUT2D eigenvalue weighted by molar-refractivity contribution is -0.142. The van der Waals surface area contributed by atoms with E-state index in [1.165, 1.54) is 34.6 Å². The van der Waals surface area contributed by atoms with Gasteiger partial charge in [0.1, 0.15) is 84.6 Å². The molecule has 0 aliphatic carbocycles. The summed E-state index contributed by atoms with van der Waals surface area (Å²) in [5.74, 6) is -15.4. The van der Waals surface area contributed by atoms with Gasteiger partial charge in [0, 0.05) is 19.4 Å². The Morgan fingerprint density at radius 3 is 0.992 bits per heavy atom. The van der Waals surface area contributed by atoms with E-state index in [1.807, 2.05) is 13.8 Å². The van der Waals surface area contributed by atoms with E-state index in [2.05, 4.69) is 90.1 Å². The highest BCUT2D eigenvalue weighted by molar-refractivity contribution is 6.01. The topological polar surface area (TPSA) is 697 Å². The van der Waals surface area contributed by atoms with Crippen LogP contribution < -0.4 is 125 Å². The number of carboxylic acids is 1. The molecule has 0 heterocycles. The Hall–Kier alpha value is -11.5. The van der Waals surface area contributed by atoms with E-state index < -0.39 is 210 Å². The Balaban J connectivity index is 2.38. The second-order valence-corrected chi connectivity index (χ2v) is 32.7. The number of aliphatic carboxylic acids is 1. The van der Waals surface area contributed by atoms with Crippen molar-refractivity contribution < 1.29 is 86.6 Å². The molecule has 0 bridgehead atoms. The molecule has 31 N–H and O–H groups in total. The van der Waals surface area contributed by atoms with Gasteiger partial charge in [0.2, 0.25) is 94.5 Å². The molecule has 2 aromatic carbocycles. The Bertz CT molecular complexity index is 3880.